The van der Waals surface area contributed by atoms with Gasteiger partial charge in [0.15, 0.2) is 25.2 Å². The molecule has 0 aromatic heterocycles. The van der Waals surface area contributed by atoms with Crippen molar-refractivity contribution in [3.63, 3.8) is 0 Å². The quantitative estimate of drug-likeness (QED) is 0.0860. The average Bonchev–Trinajstić information content (AvgIpc) is 3.07. The number of aliphatic hydroxyl groups is 8. The van der Waals surface area contributed by atoms with Crippen LogP contribution in [0.5, 0.6) is 0 Å². The SMILES string of the molecule is C=C([O-])C1O[C@@H](O[C@H]2C(O)C(O)[C@H](OC)O[C@H]2C(=O)[O-])C(O)[C@@H](O)[C@@H]1O[C@@H]1OC(C(=O)[O-])[C@@H](O[C@@H]2OC(C(=O)[O-])[C@@H](OC)[C@@H](O)C2O)C(O)C1O. The van der Waals surface area contributed by atoms with E-state index >= 15 is 0 Å². The predicted octanol–water partition coefficient (Wildman–Crippen LogP) is -12.3. The van der Waals surface area contributed by atoms with Crippen molar-refractivity contribution in [1.82, 2.24) is 0 Å². The van der Waals surface area contributed by atoms with Crippen molar-refractivity contribution >= 4 is 17.9 Å². The van der Waals surface area contributed by atoms with Crippen molar-refractivity contribution in [3.8, 4) is 0 Å². The first kappa shape index (κ1) is 41.0. The Hall–Kier alpha value is -2.73. The van der Waals surface area contributed by atoms with Gasteiger partial charge in [0, 0.05) is 14.2 Å². The van der Waals surface area contributed by atoms with Crippen molar-refractivity contribution in [3.05, 3.63) is 12.3 Å². The van der Waals surface area contributed by atoms with E-state index in [1.807, 2.05) is 0 Å². The van der Waals surface area contributed by atoms with Crippen molar-refractivity contribution in [2.75, 3.05) is 14.2 Å². The zero-order chi connectivity index (χ0) is 38.2. The number of rotatable bonds is 12. The Morgan fingerprint density at radius 3 is 1.04 bits per heavy atom. The first-order valence-corrected chi connectivity index (χ1v) is 14.9. The van der Waals surface area contributed by atoms with Crippen molar-refractivity contribution in [1.29, 1.82) is 0 Å². The van der Waals surface area contributed by atoms with Crippen LogP contribution in [0, 0.1) is 0 Å². The molecule has 292 valence electrons. The van der Waals surface area contributed by atoms with Gasteiger partial charge in [0.05, 0.1) is 17.9 Å². The molecule has 24 nitrogen and oxygen atoms in total. The highest BCUT2D eigenvalue weighted by Crippen LogP contribution is 2.35. The molecule has 0 bridgehead atoms. The normalized spacial score (nSPS) is 47.7. The summed E-state index contributed by atoms with van der Waals surface area (Å²) >= 11 is 0. The zero-order valence-corrected chi connectivity index (χ0v) is 26.4. The lowest BCUT2D eigenvalue weighted by molar-refractivity contribution is -0.407. The molecule has 0 amide bonds. The van der Waals surface area contributed by atoms with Crippen molar-refractivity contribution in [2.24, 2.45) is 0 Å². The highest BCUT2D eigenvalue weighted by Gasteiger charge is 2.55. The molecule has 0 aromatic rings. The van der Waals surface area contributed by atoms with E-state index in [0.717, 1.165) is 14.2 Å². The van der Waals surface area contributed by atoms with Gasteiger partial charge in [-0.3, -0.25) is 0 Å². The minimum absolute atomic E-state index is 0.973. The number of aliphatic hydroxyl groups excluding tert-OH is 8. The molecule has 4 aliphatic rings. The molecule has 0 radical (unpaired) electrons. The number of carbonyl (C=O) groups excluding carboxylic acids is 3. The average molecular weight is 745 g/mol. The zero-order valence-electron chi connectivity index (χ0n) is 26.4. The monoisotopic (exact) mass is 744 g/mol. The third-order valence-corrected chi connectivity index (χ3v) is 8.57. The Kier molecular flexibility index (Phi) is 13.3. The number of hydrogen-bond donors (Lipinski definition) is 8. The third-order valence-electron chi connectivity index (χ3n) is 8.57. The lowest BCUT2D eigenvalue weighted by Crippen LogP contribution is -2.69. The van der Waals surface area contributed by atoms with Gasteiger partial charge in [0.2, 0.25) is 0 Å². The highest BCUT2D eigenvalue weighted by atomic mass is 16.8. The molecule has 24 heteroatoms. The van der Waals surface area contributed by atoms with Gasteiger partial charge in [-0.1, -0.05) is 0 Å². The van der Waals surface area contributed by atoms with E-state index in [2.05, 4.69) is 6.58 Å². The lowest BCUT2D eigenvalue weighted by atomic mass is 9.95. The number of hydrogen-bond acceptors (Lipinski definition) is 24. The summed E-state index contributed by atoms with van der Waals surface area (Å²) in [5.41, 5.74) is 0. The maximum atomic E-state index is 12.5. The van der Waals surface area contributed by atoms with Crippen LogP contribution in [0.2, 0.25) is 0 Å². The highest BCUT2D eigenvalue weighted by molar-refractivity contribution is 5.72. The molecule has 0 saturated carbocycles. The molecule has 4 saturated heterocycles. The van der Waals surface area contributed by atoms with Gasteiger partial charge in [-0.15, -0.1) is 12.3 Å². The van der Waals surface area contributed by atoms with Gasteiger partial charge in [0.1, 0.15) is 97.7 Å². The van der Waals surface area contributed by atoms with E-state index < -0.39 is 146 Å². The van der Waals surface area contributed by atoms with Crippen LogP contribution in [-0.4, -0.2) is 196 Å². The number of ether oxygens (including phenoxy) is 9. The van der Waals surface area contributed by atoms with Crippen LogP contribution in [0.15, 0.2) is 12.3 Å². The molecular formula is C27H36O24-4. The first-order chi connectivity index (χ1) is 23.9. The maximum Gasteiger partial charge on any atom is 0.187 e. The molecule has 0 aliphatic carbocycles. The molecular weight excluding hydrogens is 708 g/mol. The Labute approximate surface area is 286 Å². The van der Waals surface area contributed by atoms with Crippen LogP contribution in [0.4, 0.5) is 0 Å². The summed E-state index contributed by atoms with van der Waals surface area (Å²) in [6, 6.07) is 0. The van der Waals surface area contributed by atoms with Gasteiger partial charge in [-0.25, -0.2) is 0 Å². The van der Waals surface area contributed by atoms with E-state index in [9.17, 15) is 75.7 Å². The summed E-state index contributed by atoms with van der Waals surface area (Å²) in [5, 5.41) is 133. The molecule has 20 atom stereocenters. The number of aliphatic carboxylic acids is 3. The first-order valence-electron chi connectivity index (χ1n) is 14.9. The van der Waals surface area contributed by atoms with Crippen LogP contribution in [-0.2, 0) is 57.0 Å². The Bertz CT molecular complexity index is 1250. The number of carbonyl (C=O) groups is 3. The molecule has 4 fully saturated rings. The summed E-state index contributed by atoms with van der Waals surface area (Å²) in [6.45, 7) is 3.12. The largest absolute Gasteiger partial charge is 0.874 e. The standard InChI is InChI=1S/C27H40O24/c1-4(28)13-15(7(31)11(35)25(45-13)47-16-6(30)9(33)24(44-3)49-19(16)22(39)40)46-27-12(36)8(32)17(20(51-27)23(41)42)48-26-10(34)5(29)14(43-2)18(50-26)21(37)38/h5-20,24-36H,1H2,2-3H3,(H,37,38)(H,39,40)(H,41,42)/p-4/t5-,6?,7+,8?,9?,10?,11?,12?,13?,14-,15-,16-,17-,18?,19+,20?,24+,25-,26+,27+/m0/s1. The van der Waals surface area contributed by atoms with Crippen LogP contribution >= 0.6 is 0 Å². The van der Waals surface area contributed by atoms with Gasteiger partial charge >= 0.3 is 0 Å². The molecule has 8 N–H and O–H groups in total. The van der Waals surface area contributed by atoms with Crippen molar-refractivity contribution < 1.29 is 118 Å². The minimum atomic E-state index is -2.46. The fourth-order valence-corrected chi connectivity index (χ4v) is 5.89. The topological polar surface area (TPSA) is 388 Å². The minimum Gasteiger partial charge on any atom is -0.874 e. The van der Waals surface area contributed by atoms with Crippen LogP contribution in [0.1, 0.15) is 0 Å². The van der Waals surface area contributed by atoms with Crippen LogP contribution in [0.3, 0.4) is 0 Å². The number of carboxylic acids is 3. The van der Waals surface area contributed by atoms with Gasteiger partial charge < -0.3 is 118 Å². The molecule has 0 aromatic carbocycles. The second kappa shape index (κ2) is 16.5. The number of carboxylic acid groups (broad SMARTS) is 3. The molecule has 51 heavy (non-hydrogen) atoms. The predicted molar refractivity (Wildman–Crippen MR) is 139 cm³/mol. The van der Waals surface area contributed by atoms with Crippen LogP contribution in [0.25, 0.3) is 0 Å². The van der Waals surface area contributed by atoms with E-state index in [0.29, 0.717) is 0 Å². The van der Waals surface area contributed by atoms with E-state index in [1.165, 1.54) is 0 Å². The van der Waals surface area contributed by atoms with E-state index in [1.54, 1.807) is 0 Å². The fraction of sp³-hybridized carbons (Fsp3) is 0.815. The second-order valence-corrected chi connectivity index (χ2v) is 11.8. The number of methoxy groups -OCH3 is 2. The second-order valence-electron chi connectivity index (χ2n) is 11.8. The van der Waals surface area contributed by atoms with E-state index in [4.69, 9.17) is 42.6 Å². The molecule has 9 unspecified atom stereocenters. The summed E-state index contributed by atoms with van der Waals surface area (Å²) in [6.07, 6.45) is -42.9. The summed E-state index contributed by atoms with van der Waals surface area (Å²) < 4.78 is 46.0. The molecule has 4 heterocycles. The molecule has 4 aliphatic heterocycles. The molecule has 4 rings (SSSR count). The lowest BCUT2D eigenvalue weighted by Gasteiger charge is -2.50. The van der Waals surface area contributed by atoms with Crippen molar-refractivity contribution in [2.45, 2.75) is 123 Å². The Morgan fingerprint density at radius 2 is 0.725 bits per heavy atom. The maximum absolute atomic E-state index is 12.5. The summed E-state index contributed by atoms with van der Waals surface area (Å²) in [7, 11) is 1.99. The third kappa shape index (κ3) is 8.11. The summed E-state index contributed by atoms with van der Waals surface area (Å²) in [5.74, 6) is -7.30. The van der Waals surface area contributed by atoms with Crippen LogP contribution < -0.4 is 20.4 Å². The van der Waals surface area contributed by atoms with Gasteiger partial charge in [-0.2, -0.15) is 0 Å². The smallest absolute Gasteiger partial charge is 0.187 e. The van der Waals surface area contributed by atoms with Gasteiger partial charge in [0.25, 0.3) is 0 Å². The Balaban J connectivity index is 1.51. The molecule has 0 spiro atoms. The van der Waals surface area contributed by atoms with E-state index in [-0.39, 0.29) is 0 Å². The Morgan fingerprint density at radius 1 is 0.451 bits per heavy atom. The van der Waals surface area contributed by atoms with Gasteiger partial charge in [-0.05, 0) is 0 Å². The summed E-state index contributed by atoms with van der Waals surface area (Å²) in [4.78, 5) is 35.3. The fourth-order valence-electron chi connectivity index (χ4n) is 5.89.